The quantitative estimate of drug-likeness (QED) is 0.0949. The van der Waals surface area contributed by atoms with E-state index >= 15 is 0 Å². The number of hydrogen-bond donors (Lipinski definition) is 0. The summed E-state index contributed by atoms with van der Waals surface area (Å²) in [5, 5.41) is 5.74. The van der Waals surface area contributed by atoms with Gasteiger partial charge in [0.15, 0.2) is 0 Å². The summed E-state index contributed by atoms with van der Waals surface area (Å²) in [7, 11) is 0.883. The van der Waals surface area contributed by atoms with Crippen LogP contribution >= 0.6 is 7.92 Å². The Bertz CT molecular complexity index is 1830. The van der Waals surface area contributed by atoms with Crippen molar-refractivity contribution >= 4 is 29.0 Å². The maximum Gasteiger partial charge on any atom is 2.00 e. The fraction of sp³-hybridized carbons (Fsp3) is 0.467. The molecular formula is C45H63NO5PPdS. The Morgan fingerprint density at radius 2 is 1.19 bits per heavy atom. The van der Waals surface area contributed by atoms with Crippen LogP contribution in [0.1, 0.15) is 118 Å². The second-order valence-corrected chi connectivity index (χ2v) is 21.3. The van der Waals surface area contributed by atoms with E-state index in [-0.39, 0.29) is 30.7 Å². The molecule has 9 heteroatoms. The number of benzene rings is 4. The van der Waals surface area contributed by atoms with Crippen LogP contribution in [0.5, 0.6) is 11.5 Å². The summed E-state index contributed by atoms with van der Waals surface area (Å²) >= 11 is 0. The summed E-state index contributed by atoms with van der Waals surface area (Å²) in [5.74, 6) is 3.19. The Labute approximate surface area is 343 Å². The topological polar surface area (TPSA) is 89.8 Å². The first-order valence-electron chi connectivity index (χ1n) is 18.3. The van der Waals surface area contributed by atoms with Gasteiger partial charge in [0.1, 0.15) is 11.5 Å². The van der Waals surface area contributed by atoms with Crippen molar-refractivity contribution in [2.75, 3.05) is 27.5 Å². The van der Waals surface area contributed by atoms with Gasteiger partial charge in [-0.15, -0.1) is 12.7 Å². The van der Waals surface area contributed by atoms with E-state index in [1.807, 2.05) is 56.6 Å². The second kappa shape index (κ2) is 21.0. The van der Waals surface area contributed by atoms with Crippen LogP contribution in [0.3, 0.4) is 0 Å². The normalized spacial score (nSPS) is 11.7. The van der Waals surface area contributed by atoms with Crippen LogP contribution in [-0.4, -0.2) is 50.8 Å². The van der Waals surface area contributed by atoms with Crippen molar-refractivity contribution in [1.82, 2.24) is 0 Å². The van der Waals surface area contributed by atoms with Gasteiger partial charge in [0, 0.05) is 17.1 Å². The molecule has 4 aromatic rings. The van der Waals surface area contributed by atoms with Gasteiger partial charge in [-0.2, -0.15) is 0 Å². The van der Waals surface area contributed by atoms with Crippen LogP contribution in [0.25, 0.3) is 27.6 Å². The van der Waals surface area contributed by atoms with E-state index in [1.165, 1.54) is 33.1 Å². The van der Waals surface area contributed by atoms with Gasteiger partial charge < -0.3 is 19.3 Å². The molecule has 0 amide bonds. The average molecular weight is 867 g/mol. The van der Waals surface area contributed by atoms with Crippen molar-refractivity contribution in [1.29, 1.82) is 0 Å². The van der Waals surface area contributed by atoms with E-state index in [9.17, 15) is 0 Å². The van der Waals surface area contributed by atoms with Crippen LogP contribution in [0.4, 0.5) is 5.69 Å². The van der Waals surface area contributed by atoms with Crippen molar-refractivity contribution in [3.63, 3.8) is 0 Å². The van der Waals surface area contributed by atoms with Gasteiger partial charge in [-0.05, 0) is 79.6 Å². The molecule has 0 N–H and O–H groups in total. The van der Waals surface area contributed by atoms with Gasteiger partial charge in [0.2, 0.25) is 0 Å². The van der Waals surface area contributed by atoms with E-state index in [0.29, 0.717) is 24.0 Å². The number of ether oxygens (including phenoxy) is 2. The summed E-state index contributed by atoms with van der Waals surface area (Å²) in [5.41, 5.74) is 10.0. The summed E-state index contributed by atoms with van der Waals surface area (Å²) in [6, 6.07) is 28.3. The Kier molecular flexibility index (Phi) is 19.2. The largest absolute Gasteiger partial charge is 2.00 e. The van der Waals surface area contributed by atoms with E-state index in [4.69, 9.17) is 22.4 Å². The summed E-state index contributed by atoms with van der Waals surface area (Å²) in [6.07, 6.45) is 0.604. The number of nitrogens with zero attached hydrogens (tertiary/aromatic N) is 1. The number of para-hydroxylation sites is 1. The average Bonchev–Trinajstić information content (AvgIpc) is 3.06. The number of hydrogen-bond acceptors (Lipinski definition) is 5. The molecule has 4 aromatic carbocycles. The zero-order chi connectivity index (χ0) is 40.5. The third-order valence-corrected chi connectivity index (χ3v) is 12.2. The predicted molar refractivity (Wildman–Crippen MR) is 229 cm³/mol. The zero-order valence-electron chi connectivity index (χ0n) is 35.3. The van der Waals surface area contributed by atoms with Gasteiger partial charge in [0.05, 0.1) is 24.3 Å². The molecule has 0 spiro atoms. The first kappa shape index (κ1) is 49.3. The van der Waals surface area contributed by atoms with Gasteiger partial charge in [0.25, 0.3) is 0 Å². The van der Waals surface area contributed by atoms with Gasteiger partial charge in [-0.3, -0.25) is 0 Å². The van der Waals surface area contributed by atoms with Crippen LogP contribution in [-0.2, 0) is 30.5 Å². The van der Waals surface area contributed by atoms with Gasteiger partial charge in [-0.25, -0.2) is 8.42 Å². The minimum absolute atomic E-state index is 0. The monoisotopic (exact) mass is 866 g/mol. The van der Waals surface area contributed by atoms with E-state index in [1.54, 1.807) is 7.11 Å². The number of methoxy groups -OCH3 is 2. The molecule has 54 heavy (non-hydrogen) atoms. The van der Waals surface area contributed by atoms with Gasteiger partial charge in [-0.1, -0.05) is 152 Å². The second-order valence-electron chi connectivity index (χ2n) is 16.1. The Hall–Kier alpha value is -2.72. The predicted octanol–water partition coefficient (Wildman–Crippen LogP) is 12.4. The fourth-order valence-corrected chi connectivity index (χ4v) is 10.9. The van der Waals surface area contributed by atoms with Crippen molar-refractivity contribution in [2.24, 2.45) is 0 Å². The first-order valence-corrected chi connectivity index (χ1v) is 21.4. The van der Waals surface area contributed by atoms with Crippen molar-refractivity contribution in [3.05, 3.63) is 101 Å². The molecule has 0 unspecified atom stereocenters. The molecule has 0 saturated heterocycles. The fourth-order valence-electron chi connectivity index (χ4n) is 6.73. The van der Waals surface area contributed by atoms with Crippen LogP contribution in [0, 0.1) is 6.07 Å². The molecule has 0 bridgehead atoms. The minimum atomic E-state index is -3.92. The molecule has 6 nitrogen and oxygen atoms in total. The molecule has 0 aliphatic heterocycles. The first-order chi connectivity index (χ1) is 24.5. The number of rotatable bonds is 9. The molecule has 0 heterocycles. The van der Waals surface area contributed by atoms with E-state index in [2.05, 4.69) is 125 Å². The molecule has 299 valence electrons. The van der Waals surface area contributed by atoms with Crippen molar-refractivity contribution in [2.45, 2.75) is 111 Å². The molecule has 0 aromatic heterocycles. The molecule has 0 aliphatic carbocycles. The smallest absolute Gasteiger partial charge is 0.748 e. The Balaban J connectivity index is 0.000000596. The summed E-state index contributed by atoms with van der Waals surface area (Å²) < 4.78 is 39.4. The van der Waals surface area contributed by atoms with Crippen LogP contribution < -0.4 is 14.8 Å². The minimum Gasteiger partial charge on any atom is -0.748 e. The van der Waals surface area contributed by atoms with Crippen LogP contribution in [0.2, 0.25) is 0 Å². The van der Waals surface area contributed by atoms with E-state index in [0.717, 1.165) is 28.3 Å². The summed E-state index contributed by atoms with van der Waals surface area (Å²) in [4.78, 5) is 0. The molecule has 4 rings (SSSR count). The third-order valence-electron chi connectivity index (χ3n) is 8.63. The molecule has 1 radical (unpaired) electrons. The SMILES string of the molecule is COc1ccc(OC)c(P(C(C)(C)C)C(C)(C)C)c1-c1c(C(C)C)cc(C(C)C)cc1C(C)C.CS(=O)(=O)[O-].C[N-]c1ccccc1-c1[c]cccc1.[Pd+2]. The maximum atomic E-state index is 9.08. The molecule has 0 aliphatic rings. The Morgan fingerprint density at radius 1 is 0.722 bits per heavy atom. The standard InChI is InChI=1S/C31H49O2P.C13H11N.CH4O3S.Pd/c1-19(2)22-17-23(20(3)4)27(24(18-22)21(5)6)28-25(32-13)15-16-26(33-14)29(28)34(30(7,8)9)31(10,11)12;1-14-13-10-6-5-9-12(13)11-7-3-2-4-8-11;1-5(2,3)4;/h15-21H,1-14H3;2-7,9-10H,1H3;1H3,(H,2,3,4);/q;-1;;+2/p-1. The third kappa shape index (κ3) is 13.8. The molecule has 0 fully saturated rings. The van der Waals surface area contributed by atoms with Crippen LogP contribution in [0.15, 0.2) is 72.8 Å². The van der Waals surface area contributed by atoms with Crippen molar-refractivity contribution in [3.8, 4) is 33.8 Å². The molecular weight excluding hydrogens is 804 g/mol. The molecule has 0 atom stereocenters. The zero-order valence-corrected chi connectivity index (χ0v) is 38.6. The van der Waals surface area contributed by atoms with Crippen molar-refractivity contribution < 1.29 is 42.9 Å². The molecule has 0 saturated carbocycles. The summed E-state index contributed by atoms with van der Waals surface area (Å²) in [6.45, 7) is 28.1. The van der Waals surface area contributed by atoms with Gasteiger partial charge >= 0.3 is 20.4 Å². The maximum absolute atomic E-state index is 9.08. The van der Waals surface area contributed by atoms with E-state index < -0.39 is 18.0 Å². The Morgan fingerprint density at radius 3 is 1.57 bits per heavy atom.